The van der Waals surface area contributed by atoms with Crippen molar-refractivity contribution in [3.8, 4) is 11.5 Å². The molecule has 4 rings (SSSR count). The molecule has 1 amide bonds. The second-order valence-corrected chi connectivity index (χ2v) is 7.42. The smallest absolute Gasteiger partial charge is 0.261 e. The molecule has 1 atom stereocenters. The molecule has 7 nitrogen and oxygen atoms in total. The maximum Gasteiger partial charge on any atom is 0.261 e. The summed E-state index contributed by atoms with van der Waals surface area (Å²) in [5.74, 6) is 1.86. The van der Waals surface area contributed by atoms with E-state index in [-0.39, 0.29) is 24.1 Å². The van der Waals surface area contributed by atoms with Crippen molar-refractivity contribution in [3.63, 3.8) is 0 Å². The maximum atomic E-state index is 13.3. The van der Waals surface area contributed by atoms with Crippen LogP contribution in [0.2, 0.25) is 0 Å². The van der Waals surface area contributed by atoms with Gasteiger partial charge in [-0.2, -0.15) is 0 Å². The normalized spacial score (nSPS) is 16.1. The Morgan fingerprint density at radius 3 is 2.73 bits per heavy atom. The summed E-state index contributed by atoms with van der Waals surface area (Å²) in [5, 5.41) is 0.517. The van der Waals surface area contributed by atoms with E-state index < -0.39 is 0 Å². The molecule has 156 valence electrons. The van der Waals surface area contributed by atoms with Crippen LogP contribution in [0.15, 0.2) is 47.3 Å². The second-order valence-electron chi connectivity index (χ2n) is 7.42. The molecule has 0 N–H and O–H groups in total. The third-order valence-corrected chi connectivity index (χ3v) is 5.71. The predicted octanol–water partition coefficient (Wildman–Crippen LogP) is 3.09. The topological polar surface area (TPSA) is 73.7 Å². The summed E-state index contributed by atoms with van der Waals surface area (Å²) in [6.07, 6.45) is 1.72. The molecule has 0 radical (unpaired) electrons. The minimum absolute atomic E-state index is 0.0364. The van der Waals surface area contributed by atoms with Crippen LogP contribution in [0, 0.1) is 6.92 Å². The number of para-hydroxylation sites is 1. The van der Waals surface area contributed by atoms with Crippen molar-refractivity contribution in [1.29, 1.82) is 0 Å². The van der Waals surface area contributed by atoms with Gasteiger partial charge in [0.15, 0.2) is 0 Å². The zero-order chi connectivity index (χ0) is 21.3. The number of carbonyl (C=O) groups excluding carboxylic acids is 1. The van der Waals surface area contributed by atoms with Crippen LogP contribution in [0.3, 0.4) is 0 Å². The number of aryl methyl sites for hydroxylation is 1. The molecule has 1 fully saturated rings. The number of rotatable bonds is 5. The Labute approximate surface area is 174 Å². The Morgan fingerprint density at radius 2 is 1.97 bits per heavy atom. The molecule has 3 aromatic rings. The van der Waals surface area contributed by atoms with Gasteiger partial charge < -0.3 is 14.4 Å². The fourth-order valence-corrected chi connectivity index (χ4v) is 4.18. The lowest BCUT2D eigenvalue weighted by atomic mass is 10.0. The highest BCUT2D eigenvalue weighted by molar-refractivity contribution is 5.80. The van der Waals surface area contributed by atoms with Crippen molar-refractivity contribution in [2.75, 3.05) is 20.8 Å². The van der Waals surface area contributed by atoms with Gasteiger partial charge in [0.25, 0.3) is 5.56 Å². The molecule has 0 unspecified atom stereocenters. The van der Waals surface area contributed by atoms with Crippen molar-refractivity contribution in [2.45, 2.75) is 32.4 Å². The standard InChI is InChI=1S/C23H25N3O4/c1-15-24-19-8-5-4-7-17(19)23(28)26(15)14-22(27)25-12-6-9-20(25)18-13-16(29-2)10-11-21(18)30-3/h4-5,7-8,10-11,13,20H,6,9,12,14H2,1-3H3/t20-/m1/s1. The number of methoxy groups -OCH3 is 2. The largest absolute Gasteiger partial charge is 0.497 e. The van der Waals surface area contributed by atoms with Gasteiger partial charge in [-0.05, 0) is 50.1 Å². The van der Waals surface area contributed by atoms with Gasteiger partial charge in [0, 0.05) is 12.1 Å². The molecule has 0 aliphatic carbocycles. The van der Waals surface area contributed by atoms with Gasteiger partial charge in [-0.25, -0.2) is 4.98 Å². The van der Waals surface area contributed by atoms with Crippen LogP contribution in [-0.2, 0) is 11.3 Å². The van der Waals surface area contributed by atoms with Gasteiger partial charge in [0.2, 0.25) is 5.91 Å². The molecule has 7 heteroatoms. The summed E-state index contributed by atoms with van der Waals surface area (Å²) in [5.41, 5.74) is 1.37. The highest BCUT2D eigenvalue weighted by Gasteiger charge is 2.32. The first kappa shape index (κ1) is 19.9. The number of likely N-dealkylation sites (tertiary alicyclic amines) is 1. The van der Waals surface area contributed by atoms with Crippen molar-refractivity contribution in [2.24, 2.45) is 0 Å². The van der Waals surface area contributed by atoms with E-state index in [0.29, 0.717) is 23.3 Å². The van der Waals surface area contributed by atoms with Crippen LogP contribution in [0.5, 0.6) is 11.5 Å². The van der Waals surface area contributed by atoms with E-state index >= 15 is 0 Å². The minimum Gasteiger partial charge on any atom is -0.497 e. The number of nitrogens with zero attached hydrogens (tertiary/aromatic N) is 3. The predicted molar refractivity (Wildman–Crippen MR) is 114 cm³/mol. The van der Waals surface area contributed by atoms with E-state index in [1.54, 1.807) is 33.3 Å². The molecular weight excluding hydrogens is 382 g/mol. The van der Waals surface area contributed by atoms with E-state index in [1.807, 2.05) is 35.2 Å². The van der Waals surface area contributed by atoms with Gasteiger partial charge in [-0.15, -0.1) is 0 Å². The van der Waals surface area contributed by atoms with Crippen LogP contribution in [0.4, 0.5) is 0 Å². The lowest BCUT2D eigenvalue weighted by molar-refractivity contribution is -0.132. The summed E-state index contributed by atoms with van der Waals surface area (Å²) in [4.78, 5) is 32.5. The average molecular weight is 407 g/mol. The van der Waals surface area contributed by atoms with Gasteiger partial charge in [-0.1, -0.05) is 12.1 Å². The highest BCUT2D eigenvalue weighted by Crippen LogP contribution is 2.39. The number of hydrogen-bond acceptors (Lipinski definition) is 5. The number of fused-ring (bicyclic) bond motifs is 1. The second kappa shape index (κ2) is 8.18. The Kier molecular flexibility index (Phi) is 5.44. The van der Waals surface area contributed by atoms with Crippen LogP contribution in [0.1, 0.15) is 30.3 Å². The molecule has 0 bridgehead atoms. The molecule has 2 heterocycles. The van der Waals surface area contributed by atoms with Crippen LogP contribution >= 0.6 is 0 Å². The van der Waals surface area contributed by atoms with Crippen LogP contribution in [0.25, 0.3) is 10.9 Å². The van der Waals surface area contributed by atoms with Crippen molar-refractivity contribution in [1.82, 2.24) is 14.5 Å². The first-order valence-corrected chi connectivity index (χ1v) is 10.0. The average Bonchev–Trinajstić information content (AvgIpc) is 3.26. The summed E-state index contributed by atoms with van der Waals surface area (Å²) >= 11 is 0. The SMILES string of the molecule is COc1ccc(OC)c([C@H]2CCCN2C(=O)Cn2c(C)nc3ccccc3c2=O)c1. The Bertz CT molecular complexity index is 1150. The van der Waals surface area contributed by atoms with Crippen molar-refractivity contribution < 1.29 is 14.3 Å². The highest BCUT2D eigenvalue weighted by atomic mass is 16.5. The van der Waals surface area contributed by atoms with E-state index in [4.69, 9.17) is 9.47 Å². The number of aromatic nitrogens is 2. The number of hydrogen-bond donors (Lipinski definition) is 0. The van der Waals surface area contributed by atoms with Gasteiger partial charge in [-0.3, -0.25) is 14.2 Å². The molecule has 2 aromatic carbocycles. The molecule has 0 spiro atoms. The Morgan fingerprint density at radius 1 is 1.17 bits per heavy atom. The third kappa shape index (κ3) is 3.51. The zero-order valence-corrected chi connectivity index (χ0v) is 17.4. The molecule has 30 heavy (non-hydrogen) atoms. The maximum absolute atomic E-state index is 13.3. The summed E-state index contributed by atoms with van der Waals surface area (Å²) in [6, 6.07) is 12.7. The molecule has 1 aromatic heterocycles. The fourth-order valence-electron chi connectivity index (χ4n) is 4.18. The number of benzene rings is 2. The molecule has 1 aliphatic heterocycles. The minimum atomic E-state index is -0.193. The summed E-state index contributed by atoms with van der Waals surface area (Å²) < 4.78 is 12.4. The summed E-state index contributed by atoms with van der Waals surface area (Å²) in [7, 11) is 3.24. The number of ether oxygens (including phenoxy) is 2. The van der Waals surface area contributed by atoms with E-state index in [9.17, 15) is 9.59 Å². The third-order valence-electron chi connectivity index (χ3n) is 5.71. The lowest BCUT2D eigenvalue weighted by Gasteiger charge is -2.27. The van der Waals surface area contributed by atoms with Crippen molar-refractivity contribution >= 4 is 16.8 Å². The fraction of sp³-hybridized carbons (Fsp3) is 0.348. The van der Waals surface area contributed by atoms with E-state index in [2.05, 4.69) is 4.98 Å². The molecular formula is C23H25N3O4. The molecule has 1 saturated heterocycles. The van der Waals surface area contributed by atoms with Crippen LogP contribution in [-0.4, -0.2) is 41.1 Å². The first-order valence-electron chi connectivity index (χ1n) is 10.0. The Hall–Kier alpha value is -3.35. The summed E-state index contributed by atoms with van der Waals surface area (Å²) in [6.45, 7) is 2.36. The van der Waals surface area contributed by atoms with Crippen molar-refractivity contribution in [3.05, 3.63) is 64.2 Å². The lowest BCUT2D eigenvalue weighted by Crippen LogP contribution is -2.37. The quantitative estimate of drug-likeness (QED) is 0.650. The number of amides is 1. The van der Waals surface area contributed by atoms with Crippen LogP contribution < -0.4 is 15.0 Å². The van der Waals surface area contributed by atoms with Gasteiger partial charge >= 0.3 is 0 Å². The van der Waals surface area contributed by atoms with E-state index in [0.717, 1.165) is 29.9 Å². The first-order chi connectivity index (χ1) is 14.5. The monoisotopic (exact) mass is 407 g/mol. The number of carbonyl (C=O) groups is 1. The zero-order valence-electron chi connectivity index (χ0n) is 17.4. The molecule has 0 saturated carbocycles. The van der Waals surface area contributed by atoms with Gasteiger partial charge in [0.05, 0.1) is 31.2 Å². The Balaban J connectivity index is 1.66. The molecule has 1 aliphatic rings. The van der Waals surface area contributed by atoms with Gasteiger partial charge in [0.1, 0.15) is 23.9 Å². The van der Waals surface area contributed by atoms with E-state index in [1.165, 1.54) is 4.57 Å².